The summed E-state index contributed by atoms with van der Waals surface area (Å²) >= 11 is 0. The summed E-state index contributed by atoms with van der Waals surface area (Å²) in [5.41, 5.74) is -0.575. The lowest BCUT2D eigenvalue weighted by Crippen LogP contribution is -2.16. The van der Waals surface area contributed by atoms with Crippen molar-refractivity contribution < 1.29 is 14.8 Å². The summed E-state index contributed by atoms with van der Waals surface area (Å²) in [6, 6.07) is 0.905. The molecule has 0 bridgehead atoms. The van der Waals surface area contributed by atoms with Crippen molar-refractivity contribution in [3.8, 4) is 0 Å². The molecule has 18 heavy (non-hydrogen) atoms. The Hall–Kier alpha value is -2.44. The predicted octanol–water partition coefficient (Wildman–Crippen LogP) is 2.06. The Kier molecular flexibility index (Phi) is 4.36. The van der Waals surface area contributed by atoms with Crippen molar-refractivity contribution in [1.82, 2.24) is 4.98 Å². The van der Waals surface area contributed by atoms with Crippen molar-refractivity contribution in [2.75, 3.05) is 5.32 Å². The third-order valence-electron chi connectivity index (χ3n) is 2.21. The molecule has 1 atom stereocenters. The van der Waals surface area contributed by atoms with E-state index in [0.29, 0.717) is 6.42 Å². The molecular weight excluding hydrogens is 238 g/mol. The van der Waals surface area contributed by atoms with E-state index in [1.54, 1.807) is 6.08 Å². The molecule has 0 aliphatic carbocycles. The molecule has 0 saturated carbocycles. The fraction of sp³-hybridized carbons (Fsp3) is 0.273. The number of hydrogen-bond donors (Lipinski definition) is 2. The topological polar surface area (TPSA) is 105 Å². The number of nitro groups is 1. The average Bonchev–Trinajstić information content (AvgIpc) is 2.29. The zero-order chi connectivity index (χ0) is 13.7. The molecule has 2 N–H and O–H groups in total. The number of aromatic nitrogens is 1. The third kappa shape index (κ3) is 3.27. The van der Waals surface area contributed by atoms with Crippen molar-refractivity contribution in [2.24, 2.45) is 0 Å². The number of carboxylic acid groups (broad SMARTS) is 1. The lowest BCUT2D eigenvalue weighted by molar-refractivity contribution is -0.384. The van der Waals surface area contributed by atoms with Crippen LogP contribution in [0.4, 0.5) is 11.5 Å². The zero-order valence-corrected chi connectivity index (χ0v) is 9.79. The summed E-state index contributed by atoms with van der Waals surface area (Å²) in [6.07, 6.45) is 3.37. The van der Waals surface area contributed by atoms with E-state index in [1.807, 2.05) is 6.92 Å². The van der Waals surface area contributed by atoms with E-state index in [1.165, 1.54) is 0 Å². The molecule has 0 radical (unpaired) electrons. The monoisotopic (exact) mass is 251 g/mol. The molecule has 1 unspecified atom stereocenters. The Bertz CT molecular complexity index is 487. The Labute approximate surface area is 103 Å². The highest BCUT2D eigenvalue weighted by atomic mass is 16.6. The van der Waals surface area contributed by atoms with Gasteiger partial charge in [-0.2, -0.15) is 0 Å². The Morgan fingerprint density at radius 1 is 1.78 bits per heavy atom. The van der Waals surface area contributed by atoms with Gasteiger partial charge in [-0.1, -0.05) is 6.08 Å². The normalized spacial score (nSPS) is 11.6. The number of hydrogen-bond acceptors (Lipinski definition) is 5. The molecule has 0 aliphatic rings. The van der Waals surface area contributed by atoms with Gasteiger partial charge in [-0.25, -0.2) is 9.78 Å². The van der Waals surface area contributed by atoms with Crippen LogP contribution in [0.3, 0.4) is 0 Å². The van der Waals surface area contributed by atoms with E-state index in [2.05, 4.69) is 16.9 Å². The molecule has 1 aromatic rings. The average molecular weight is 251 g/mol. The van der Waals surface area contributed by atoms with Crippen molar-refractivity contribution >= 4 is 17.5 Å². The van der Waals surface area contributed by atoms with Gasteiger partial charge in [0.05, 0.1) is 10.5 Å². The number of carbonyl (C=O) groups is 1. The van der Waals surface area contributed by atoms with E-state index >= 15 is 0 Å². The van der Waals surface area contributed by atoms with Gasteiger partial charge in [0.1, 0.15) is 0 Å². The summed E-state index contributed by atoms with van der Waals surface area (Å²) in [5, 5.41) is 22.4. The van der Waals surface area contributed by atoms with Gasteiger partial charge in [0.15, 0.2) is 0 Å². The third-order valence-corrected chi connectivity index (χ3v) is 2.21. The van der Waals surface area contributed by atoms with Crippen LogP contribution in [0.1, 0.15) is 23.7 Å². The molecule has 96 valence electrons. The van der Waals surface area contributed by atoms with Crippen LogP contribution in [0.15, 0.2) is 24.9 Å². The molecule has 0 amide bonds. The van der Waals surface area contributed by atoms with Crippen LogP contribution < -0.4 is 5.32 Å². The fourth-order valence-electron chi connectivity index (χ4n) is 1.36. The molecule has 0 aliphatic heterocycles. The largest absolute Gasteiger partial charge is 0.478 e. The SMILES string of the molecule is C=CCC(C)Nc1ncc(C(=O)O)cc1[N+](=O)[O-]. The van der Waals surface area contributed by atoms with Crippen LogP contribution in [-0.4, -0.2) is 27.0 Å². The second-order valence-electron chi connectivity index (χ2n) is 3.72. The molecule has 0 aromatic carbocycles. The second-order valence-corrected chi connectivity index (χ2v) is 3.72. The van der Waals surface area contributed by atoms with E-state index in [9.17, 15) is 14.9 Å². The number of rotatable bonds is 6. The molecule has 7 nitrogen and oxygen atoms in total. The number of nitrogens with one attached hydrogen (secondary N) is 1. The minimum absolute atomic E-state index is 0.0550. The lowest BCUT2D eigenvalue weighted by atomic mass is 10.2. The first-order chi connectivity index (χ1) is 8.45. The molecule has 0 spiro atoms. The first-order valence-electron chi connectivity index (χ1n) is 5.21. The van der Waals surface area contributed by atoms with Crippen molar-refractivity contribution in [1.29, 1.82) is 0 Å². The zero-order valence-electron chi connectivity index (χ0n) is 9.79. The highest BCUT2D eigenvalue weighted by molar-refractivity contribution is 5.88. The maximum absolute atomic E-state index is 10.8. The highest BCUT2D eigenvalue weighted by Gasteiger charge is 2.19. The number of carboxylic acids is 1. The van der Waals surface area contributed by atoms with Crippen LogP contribution in [0, 0.1) is 10.1 Å². The van der Waals surface area contributed by atoms with Crippen molar-refractivity contribution in [2.45, 2.75) is 19.4 Å². The molecule has 1 aromatic heterocycles. The van der Waals surface area contributed by atoms with E-state index in [-0.39, 0.29) is 23.1 Å². The predicted molar refractivity (Wildman–Crippen MR) is 65.7 cm³/mol. The summed E-state index contributed by atoms with van der Waals surface area (Å²) in [6.45, 7) is 5.38. The lowest BCUT2D eigenvalue weighted by Gasteiger charge is -2.12. The second kappa shape index (κ2) is 5.76. The van der Waals surface area contributed by atoms with Gasteiger partial charge < -0.3 is 10.4 Å². The summed E-state index contributed by atoms with van der Waals surface area (Å²) in [4.78, 5) is 24.7. The Morgan fingerprint density at radius 2 is 2.44 bits per heavy atom. The quantitative estimate of drug-likeness (QED) is 0.455. The molecule has 7 heteroatoms. The van der Waals surface area contributed by atoms with Gasteiger partial charge in [0.25, 0.3) is 0 Å². The van der Waals surface area contributed by atoms with Crippen LogP contribution in [0.5, 0.6) is 0 Å². The maximum Gasteiger partial charge on any atom is 0.337 e. The standard InChI is InChI=1S/C11H13N3O4/c1-3-4-7(2)13-10-9(14(17)18)5-8(6-12-10)11(15)16/h3,5-7H,1,4H2,2H3,(H,12,13)(H,15,16). The fourth-order valence-corrected chi connectivity index (χ4v) is 1.36. The molecule has 0 fully saturated rings. The van der Waals surface area contributed by atoms with Gasteiger partial charge >= 0.3 is 11.7 Å². The first kappa shape index (κ1) is 13.6. The van der Waals surface area contributed by atoms with Gasteiger partial charge in [-0.15, -0.1) is 6.58 Å². The summed E-state index contributed by atoms with van der Waals surface area (Å²) < 4.78 is 0. The van der Waals surface area contributed by atoms with Crippen molar-refractivity contribution in [3.63, 3.8) is 0 Å². The number of aromatic carboxylic acids is 1. The summed E-state index contributed by atoms with van der Waals surface area (Å²) in [5.74, 6) is -1.20. The first-order valence-corrected chi connectivity index (χ1v) is 5.21. The Balaban J connectivity index is 3.07. The molecule has 0 saturated heterocycles. The minimum Gasteiger partial charge on any atom is -0.478 e. The maximum atomic E-state index is 10.8. The highest BCUT2D eigenvalue weighted by Crippen LogP contribution is 2.23. The molecular formula is C11H13N3O4. The summed E-state index contributed by atoms with van der Waals surface area (Å²) in [7, 11) is 0. The number of nitrogens with zero attached hydrogens (tertiary/aromatic N) is 2. The molecule has 1 rings (SSSR count). The van der Waals surface area contributed by atoms with Crippen LogP contribution >= 0.6 is 0 Å². The Morgan fingerprint density at radius 3 is 2.94 bits per heavy atom. The van der Waals surface area contributed by atoms with Crippen LogP contribution in [0.25, 0.3) is 0 Å². The van der Waals surface area contributed by atoms with Gasteiger partial charge in [-0.05, 0) is 13.3 Å². The van der Waals surface area contributed by atoms with E-state index < -0.39 is 10.9 Å². The smallest absolute Gasteiger partial charge is 0.337 e. The van der Waals surface area contributed by atoms with Crippen LogP contribution in [0.2, 0.25) is 0 Å². The van der Waals surface area contributed by atoms with Crippen LogP contribution in [-0.2, 0) is 0 Å². The number of anilines is 1. The van der Waals surface area contributed by atoms with Gasteiger partial charge in [0, 0.05) is 18.3 Å². The van der Waals surface area contributed by atoms with Gasteiger partial charge in [-0.3, -0.25) is 10.1 Å². The molecule has 1 heterocycles. The number of pyridine rings is 1. The van der Waals surface area contributed by atoms with Crippen molar-refractivity contribution in [3.05, 3.63) is 40.6 Å². The van der Waals surface area contributed by atoms with E-state index in [0.717, 1.165) is 12.3 Å². The van der Waals surface area contributed by atoms with E-state index in [4.69, 9.17) is 5.11 Å². The minimum atomic E-state index is -1.25. The van der Waals surface area contributed by atoms with Gasteiger partial charge in [0.2, 0.25) is 5.82 Å².